The van der Waals surface area contributed by atoms with Gasteiger partial charge in [-0.2, -0.15) is 0 Å². The molecule has 0 saturated carbocycles. The van der Waals surface area contributed by atoms with Crippen molar-refractivity contribution in [1.82, 2.24) is 4.90 Å². The Hall–Kier alpha value is -0.0900. The molecule has 0 aliphatic heterocycles. The number of halogens is 1. The van der Waals surface area contributed by atoms with Crippen LogP contribution < -0.4 is 0 Å². The van der Waals surface area contributed by atoms with E-state index in [1.807, 2.05) is 6.92 Å². The number of likely N-dealkylation sites (N-methyl/N-ethyl adjacent to an activating group) is 1. The Morgan fingerprint density at radius 3 is 2.64 bits per heavy atom. The topological polar surface area (TPSA) is 29.5 Å². The van der Waals surface area contributed by atoms with Gasteiger partial charge in [-0.3, -0.25) is 4.79 Å². The minimum absolute atomic E-state index is 0.0852. The summed E-state index contributed by atoms with van der Waals surface area (Å²) in [6.45, 7) is 3.04. The number of amides is 1. The van der Waals surface area contributed by atoms with Crippen molar-refractivity contribution in [3.63, 3.8) is 0 Å². The van der Waals surface area contributed by atoms with E-state index in [-0.39, 0.29) is 10.7 Å². The van der Waals surface area contributed by atoms with Gasteiger partial charge in [-0.1, -0.05) is 15.9 Å². The number of carbonyl (C=O) groups is 1. The Bertz CT molecular complexity index is 128. The highest BCUT2D eigenvalue weighted by Crippen LogP contribution is 2.01. The first-order chi connectivity index (χ1) is 5.09. The molecule has 0 aromatic rings. The van der Waals surface area contributed by atoms with Crippen LogP contribution in [0.2, 0.25) is 0 Å². The number of nitrogens with zero attached hydrogens (tertiary/aromatic N) is 1. The number of carbonyl (C=O) groups excluding carboxylic acids is 1. The summed E-state index contributed by atoms with van der Waals surface area (Å²) < 4.78 is 4.83. The molecule has 1 unspecified atom stereocenters. The molecular weight excluding hydrogens is 210 g/mol. The molecule has 1 amide bonds. The molecule has 0 bridgehead atoms. The highest BCUT2D eigenvalue weighted by Gasteiger charge is 2.12. The molecule has 0 N–H and O–H groups in total. The van der Waals surface area contributed by atoms with Crippen LogP contribution in [-0.4, -0.2) is 42.9 Å². The average Bonchev–Trinajstić information content (AvgIpc) is 1.98. The quantitative estimate of drug-likeness (QED) is 0.663. The molecule has 0 fully saturated rings. The number of hydrogen-bond acceptors (Lipinski definition) is 2. The normalized spacial score (nSPS) is 12.7. The van der Waals surface area contributed by atoms with Crippen LogP contribution in [0.1, 0.15) is 6.92 Å². The molecule has 0 heterocycles. The molecule has 0 aromatic heterocycles. The van der Waals surface area contributed by atoms with Crippen LogP contribution in [-0.2, 0) is 9.53 Å². The van der Waals surface area contributed by atoms with Gasteiger partial charge in [0.05, 0.1) is 11.4 Å². The van der Waals surface area contributed by atoms with Crippen molar-refractivity contribution in [2.45, 2.75) is 11.8 Å². The molecule has 0 aliphatic carbocycles. The maximum Gasteiger partial charge on any atom is 0.235 e. The summed E-state index contributed by atoms with van der Waals surface area (Å²) in [6.07, 6.45) is 0. The third-order valence-corrected chi connectivity index (χ3v) is 1.74. The van der Waals surface area contributed by atoms with Crippen LogP contribution in [0, 0.1) is 0 Å². The largest absolute Gasteiger partial charge is 0.383 e. The van der Waals surface area contributed by atoms with E-state index in [2.05, 4.69) is 15.9 Å². The van der Waals surface area contributed by atoms with Crippen LogP contribution in [0.3, 0.4) is 0 Å². The van der Waals surface area contributed by atoms with E-state index < -0.39 is 0 Å². The van der Waals surface area contributed by atoms with Gasteiger partial charge < -0.3 is 9.64 Å². The molecule has 0 rings (SSSR count). The molecule has 66 valence electrons. The van der Waals surface area contributed by atoms with Crippen LogP contribution >= 0.6 is 15.9 Å². The lowest BCUT2D eigenvalue weighted by molar-refractivity contribution is -0.129. The molecule has 4 heteroatoms. The van der Waals surface area contributed by atoms with Gasteiger partial charge in [0, 0.05) is 20.7 Å². The molecule has 0 aromatic carbocycles. The lowest BCUT2D eigenvalue weighted by Crippen LogP contribution is -2.34. The second kappa shape index (κ2) is 5.55. The average molecular weight is 224 g/mol. The van der Waals surface area contributed by atoms with Gasteiger partial charge in [0.15, 0.2) is 0 Å². The monoisotopic (exact) mass is 223 g/mol. The maximum absolute atomic E-state index is 11.2. The van der Waals surface area contributed by atoms with Crippen molar-refractivity contribution in [2.24, 2.45) is 0 Å². The van der Waals surface area contributed by atoms with E-state index in [0.29, 0.717) is 13.2 Å². The molecule has 0 aliphatic rings. The van der Waals surface area contributed by atoms with Gasteiger partial charge in [-0.15, -0.1) is 0 Å². The molecular formula is C7H14BrNO2. The SMILES string of the molecule is COCCN(C)C(=O)C(C)Br. The zero-order valence-electron chi connectivity index (χ0n) is 7.13. The molecule has 1 atom stereocenters. The summed E-state index contributed by atoms with van der Waals surface area (Å²) in [5.41, 5.74) is 0. The van der Waals surface area contributed by atoms with E-state index in [1.54, 1.807) is 19.1 Å². The third-order valence-electron chi connectivity index (χ3n) is 1.35. The summed E-state index contributed by atoms with van der Waals surface area (Å²) in [6, 6.07) is 0. The van der Waals surface area contributed by atoms with Crippen molar-refractivity contribution in [3.8, 4) is 0 Å². The van der Waals surface area contributed by atoms with Crippen LogP contribution in [0.5, 0.6) is 0 Å². The summed E-state index contributed by atoms with van der Waals surface area (Å²) in [5.74, 6) is 0.0852. The first-order valence-electron chi connectivity index (χ1n) is 3.47. The Balaban J connectivity index is 3.64. The Morgan fingerprint density at radius 1 is 1.73 bits per heavy atom. The number of ether oxygens (including phenoxy) is 1. The van der Waals surface area contributed by atoms with Gasteiger partial charge in [-0.05, 0) is 6.92 Å². The third kappa shape index (κ3) is 4.37. The van der Waals surface area contributed by atoms with Crippen molar-refractivity contribution < 1.29 is 9.53 Å². The predicted molar refractivity (Wildman–Crippen MR) is 47.9 cm³/mol. The fraction of sp³-hybridized carbons (Fsp3) is 0.857. The lowest BCUT2D eigenvalue weighted by Gasteiger charge is -2.17. The van der Waals surface area contributed by atoms with Crippen LogP contribution in [0.15, 0.2) is 0 Å². The molecule has 0 spiro atoms. The molecule has 11 heavy (non-hydrogen) atoms. The van der Waals surface area contributed by atoms with Crippen molar-refractivity contribution >= 4 is 21.8 Å². The van der Waals surface area contributed by atoms with E-state index in [4.69, 9.17) is 4.74 Å². The van der Waals surface area contributed by atoms with Crippen LogP contribution in [0.4, 0.5) is 0 Å². The number of methoxy groups -OCH3 is 1. The first-order valence-corrected chi connectivity index (χ1v) is 4.39. The Labute approximate surface area is 75.8 Å². The summed E-state index contributed by atoms with van der Waals surface area (Å²) in [7, 11) is 3.38. The fourth-order valence-corrected chi connectivity index (χ4v) is 0.992. The molecule has 3 nitrogen and oxygen atoms in total. The zero-order chi connectivity index (χ0) is 8.85. The Morgan fingerprint density at radius 2 is 2.27 bits per heavy atom. The highest BCUT2D eigenvalue weighted by atomic mass is 79.9. The van der Waals surface area contributed by atoms with E-state index >= 15 is 0 Å². The van der Waals surface area contributed by atoms with E-state index in [9.17, 15) is 4.79 Å². The first kappa shape index (κ1) is 10.9. The maximum atomic E-state index is 11.2. The number of rotatable bonds is 4. The predicted octanol–water partition coefficient (Wildman–Crippen LogP) is 0.875. The highest BCUT2D eigenvalue weighted by molar-refractivity contribution is 9.10. The second-order valence-corrected chi connectivity index (χ2v) is 3.74. The minimum atomic E-state index is -0.107. The number of alkyl halides is 1. The van der Waals surface area contributed by atoms with Crippen molar-refractivity contribution in [1.29, 1.82) is 0 Å². The van der Waals surface area contributed by atoms with Gasteiger partial charge in [-0.25, -0.2) is 0 Å². The molecule has 0 saturated heterocycles. The van der Waals surface area contributed by atoms with Crippen LogP contribution in [0.25, 0.3) is 0 Å². The summed E-state index contributed by atoms with van der Waals surface area (Å²) in [5, 5.41) is 0. The van der Waals surface area contributed by atoms with Gasteiger partial charge in [0.2, 0.25) is 5.91 Å². The molecule has 0 radical (unpaired) electrons. The van der Waals surface area contributed by atoms with Gasteiger partial charge in [0.1, 0.15) is 0 Å². The lowest BCUT2D eigenvalue weighted by atomic mass is 10.4. The zero-order valence-corrected chi connectivity index (χ0v) is 8.72. The second-order valence-electron chi connectivity index (χ2n) is 2.37. The van der Waals surface area contributed by atoms with Gasteiger partial charge >= 0.3 is 0 Å². The van der Waals surface area contributed by atoms with Gasteiger partial charge in [0.25, 0.3) is 0 Å². The minimum Gasteiger partial charge on any atom is -0.383 e. The van der Waals surface area contributed by atoms with E-state index in [1.165, 1.54) is 0 Å². The van der Waals surface area contributed by atoms with Crippen molar-refractivity contribution in [2.75, 3.05) is 27.3 Å². The Kier molecular flexibility index (Phi) is 5.50. The summed E-state index contributed by atoms with van der Waals surface area (Å²) in [4.78, 5) is 12.7. The fourth-order valence-electron chi connectivity index (χ4n) is 0.642. The standard InChI is InChI=1S/C7H14BrNO2/c1-6(8)7(10)9(2)4-5-11-3/h6H,4-5H2,1-3H3. The van der Waals surface area contributed by atoms with Crippen molar-refractivity contribution in [3.05, 3.63) is 0 Å². The summed E-state index contributed by atoms with van der Waals surface area (Å²) >= 11 is 3.20. The van der Waals surface area contributed by atoms with E-state index in [0.717, 1.165) is 0 Å². The number of hydrogen-bond donors (Lipinski definition) is 0. The smallest absolute Gasteiger partial charge is 0.235 e.